The molecule has 0 aromatic rings. The smallest absolute Gasteiger partial charge is 0.315 e. The molecule has 1 atom stereocenters. The van der Waals surface area contributed by atoms with Gasteiger partial charge < -0.3 is 10.1 Å². The standard InChI is InChI=1S/C11H18N2O3S/c1-3-4-9(7-12)13-10(14)5-6-17-8-11(15)16-2/h9H,3-6,8H2,1-2H3,(H,13,14). The van der Waals surface area contributed by atoms with Crippen molar-refractivity contribution in [3.8, 4) is 6.07 Å². The lowest BCUT2D eigenvalue weighted by Crippen LogP contribution is -2.33. The lowest BCUT2D eigenvalue weighted by atomic mass is 10.2. The summed E-state index contributed by atoms with van der Waals surface area (Å²) in [7, 11) is 1.33. The minimum absolute atomic E-state index is 0.151. The molecule has 0 aliphatic heterocycles. The molecule has 0 radical (unpaired) electrons. The summed E-state index contributed by atoms with van der Waals surface area (Å²) in [5.41, 5.74) is 0. The summed E-state index contributed by atoms with van der Waals surface area (Å²) in [4.78, 5) is 22.2. The van der Waals surface area contributed by atoms with Crippen molar-refractivity contribution in [2.75, 3.05) is 18.6 Å². The van der Waals surface area contributed by atoms with Gasteiger partial charge in [0.1, 0.15) is 6.04 Å². The first-order chi connectivity index (χ1) is 8.13. The number of nitrogens with zero attached hydrogens (tertiary/aromatic N) is 1. The zero-order valence-electron chi connectivity index (χ0n) is 10.2. The van der Waals surface area contributed by atoms with E-state index >= 15 is 0 Å². The van der Waals surface area contributed by atoms with Gasteiger partial charge in [0.05, 0.1) is 18.9 Å². The highest BCUT2D eigenvalue weighted by Gasteiger charge is 2.10. The second-order valence-corrected chi connectivity index (χ2v) is 4.52. The zero-order chi connectivity index (χ0) is 13.1. The maximum Gasteiger partial charge on any atom is 0.315 e. The van der Waals surface area contributed by atoms with Gasteiger partial charge in [-0.2, -0.15) is 5.26 Å². The van der Waals surface area contributed by atoms with Gasteiger partial charge in [-0.05, 0) is 6.42 Å². The molecule has 0 rings (SSSR count). The fourth-order valence-corrected chi connectivity index (χ4v) is 1.86. The molecule has 0 spiro atoms. The van der Waals surface area contributed by atoms with Crippen LogP contribution < -0.4 is 5.32 Å². The van der Waals surface area contributed by atoms with Crippen LogP contribution in [0.1, 0.15) is 26.2 Å². The molecular formula is C11H18N2O3S. The van der Waals surface area contributed by atoms with Crippen LogP contribution in [0.3, 0.4) is 0 Å². The van der Waals surface area contributed by atoms with E-state index in [1.54, 1.807) is 0 Å². The van der Waals surface area contributed by atoms with Crippen LogP contribution in [0.25, 0.3) is 0 Å². The van der Waals surface area contributed by atoms with E-state index in [0.717, 1.165) is 6.42 Å². The fraction of sp³-hybridized carbons (Fsp3) is 0.727. The number of rotatable bonds is 8. The zero-order valence-corrected chi connectivity index (χ0v) is 11.0. The number of amides is 1. The van der Waals surface area contributed by atoms with Crippen LogP contribution in [-0.2, 0) is 14.3 Å². The van der Waals surface area contributed by atoms with Crippen LogP contribution >= 0.6 is 11.8 Å². The Balaban J connectivity index is 3.65. The minimum Gasteiger partial charge on any atom is -0.468 e. The average Bonchev–Trinajstić information content (AvgIpc) is 2.33. The average molecular weight is 258 g/mol. The number of ether oxygens (including phenoxy) is 1. The number of methoxy groups -OCH3 is 1. The third-order valence-electron chi connectivity index (χ3n) is 1.99. The summed E-state index contributed by atoms with van der Waals surface area (Å²) < 4.78 is 4.47. The molecule has 0 aromatic heterocycles. The van der Waals surface area contributed by atoms with Crippen molar-refractivity contribution in [3.05, 3.63) is 0 Å². The summed E-state index contributed by atoms with van der Waals surface area (Å²) in [6, 6.07) is 1.63. The summed E-state index contributed by atoms with van der Waals surface area (Å²) >= 11 is 1.34. The normalized spacial score (nSPS) is 11.4. The van der Waals surface area contributed by atoms with Gasteiger partial charge in [-0.1, -0.05) is 13.3 Å². The monoisotopic (exact) mass is 258 g/mol. The Kier molecular flexibility index (Phi) is 9.25. The van der Waals surface area contributed by atoms with Gasteiger partial charge in [0.15, 0.2) is 0 Å². The highest BCUT2D eigenvalue weighted by Crippen LogP contribution is 2.03. The number of thioether (sulfide) groups is 1. The molecule has 1 N–H and O–H groups in total. The molecule has 96 valence electrons. The van der Waals surface area contributed by atoms with Crippen LogP contribution in [0, 0.1) is 11.3 Å². The Hall–Kier alpha value is -1.22. The van der Waals surface area contributed by atoms with Crippen LogP contribution in [0.4, 0.5) is 0 Å². The second-order valence-electron chi connectivity index (χ2n) is 3.42. The van der Waals surface area contributed by atoms with E-state index in [1.165, 1.54) is 18.9 Å². The van der Waals surface area contributed by atoms with Crippen molar-refractivity contribution in [2.45, 2.75) is 32.2 Å². The first kappa shape index (κ1) is 15.8. The van der Waals surface area contributed by atoms with Crippen molar-refractivity contribution < 1.29 is 14.3 Å². The van der Waals surface area contributed by atoms with Gasteiger partial charge in [0, 0.05) is 12.2 Å². The first-order valence-electron chi connectivity index (χ1n) is 5.47. The van der Waals surface area contributed by atoms with Crippen molar-refractivity contribution in [1.29, 1.82) is 5.26 Å². The van der Waals surface area contributed by atoms with E-state index in [4.69, 9.17) is 5.26 Å². The fourth-order valence-electron chi connectivity index (χ4n) is 1.10. The van der Waals surface area contributed by atoms with E-state index in [0.29, 0.717) is 18.6 Å². The van der Waals surface area contributed by atoms with Gasteiger partial charge in [-0.25, -0.2) is 0 Å². The Bertz CT molecular complexity index is 289. The van der Waals surface area contributed by atoms with Gasteiger partial charge in [-0.3, -0.25) is 9.59 Å². The molecule has 0 bridgehead atoms. The van der Waals surface area contributed by atoms with Crippen LogP contribution in [0.2, 0.25) is 0 Å². The molecule has 0 aliphatic carbocycles. The van der Waals surface area contributed by atoms with Crippen LogP contribution in [0.5, 0.6) is 0 Å². The largest absolute Gasteiger partial charge is 0.468 e. The summed E-state index contributed by atoms with van der Waals surface area (Å²) in [6.45, 7) is 1.96. The molecule has 0 heterocycles. The van der Waals surface area contributed by atoms with Gasteiger partial charge in [-0.15, -0.1) is 11.8 Å². The third-order valence-corrected chi connectivity index (χ3v) is 2.92. The van der Waals surface area contributed by atoms with Crippen molar-refractivity contribution >= 4 is 23.6 Å². The van der Waals surface area contributed by atoms with Crippen molar-refractivity contribution in [3.63, 3.8) is 0 Å². The Morgan fingerprint density at radius 3 is 2.76 bits per heavy atom. The summed E-state index contributed by atoms with van der Waals surface area (Å²) in [6.07, 6.45) is 1.83. The maximum atomic E-state index is 11.4. The van der Waals surface area contributed by atoms with E-state index < -0.39 is 6.04 Å². The van der Waals surface area contributed by atoms with E-state index in [2.05, 4.69) is 10.1 Å². The Morgan fingerprint density at radius 1 is 1.53 bits per heavy atom. The number of esters is 1. The van der Waals surface area contributed by atoms with Crippen molar-refractivity contribution in [2.24, 2.45) is 0 Å². The van der Waals surface area contributed by atoms with E-state index in [-0.39, 0.29) is 17.6 Å². The lowest BCUT2D eigenvalue weighted by molar-refractivity contribution is -0.137. The van der Waals surface area contributed by atoms with Crippen LogP contribution in [-0.4, -0.2) is 36.5 Å². The quantitative estimate of drug-likeness (QED) is 0.521. The predicted molar refractivity (Wildman–Crippen MR) is 66.4 cm³/mol. The number of carbonyl (C=O) groups is 2. The number of nitriles is 1. The highest BCUT2D eigenvalue weighted by atomic mass is 32.2. The molecule has 17 heavy (non-hydrogen) atoms. The third kappa shape index (κ3) is 8.57. The number of carbonyl (C=O) groups excluding carboxylic acids is 2. The topological polar surface area (TPSA) is 79.2 Å². The number of hydrogen-bond donors (Lipinski definition) is 1. The second kappa shape index (κ2) is 9.97. The molecule has 1 unspecified atom stereocenters. The Labute approximate surface area is 106 Å². The summed E-state index contributed by atoms with van der Waals surface area (Å²) in [5.74, 6) is 0.352. The molecule has 0 saturated carbocycles. The number of hydrogen-bond acceptors (Lipinski definition) is 5. The molecular weight excluding hydrogens is 240 g/mol. The predicted octanol–water partition coefficient (Wildman–Crippen LogP) is 1.09. The van der Waals surface area contributed by atoms with Gasteiger partial charge in [0.25, 0.3) is 0 Å². The Morgan fingerprint density at radius 2 is 2.24 bits per heavy atom. The summed E-state index contributed by atoms with van der Waals surface area (Å²) in [5, 5.41) is 11.4. The number of nitrogens with one attached hydrogen (secondary N) is 1. The van der Waals surface area contributed by atoms with Crippen LogP contribution in [0.15, 0.2) is 0 Å². The highest BCUT2D eigenvalue weighted by molar-refractivity contribution is 7.99. The molecule has 0 fully saturated rings. The SMILES string of the molecule is CCCC(C#N)NC(=O)CCSCC(=O)OC. The van der Waals surface area contributed by atoms with Gasteiger partial charge >= 0.3 is 5.97 Å². The van der Waals surface area contributed by atoms with Gasteiger partial charge in [0.2, 0.25) is 5.91 Å². The molecule has 0 aliphatic rings. The maximum absolute atomic E-state index is 11.4. The first-order valence-corrected chi connectivity index (χ1v) is 6.63. The lowest BCUT2D eigenvalue weighted by Gasteiger charge is -2.09. The molecule has 0 aromatic carbocycles. The van der Waals surface area contributed by atoms with E-state index in [1.807, 2.05) is 13.0 Å². The molecule has 1 amide bonds. The van der Waals surface area contributed by atoms with Crippen molar-refractivity contribution in [1.82, 2.24) is 5.32 Å². The van der Waals surface area contributed by atoms with E-state index in [9.17, 15) is 9.59 Å². The minimum atomic E-state index is -0.405. The molecule has 6 heteroatoms. The molecule has 5 nitrogen and oxygen atoms in total. The molecule has 0 saturated heterocycles.